The number of rotatable bonds is 10. The van der Waals surface area contributed by atoms with Crippen molar-refractivity contribution in [3.63, 3.8) is 0 Å². The Bertz CT molecular complexity index is 947. The van der Waals surface area contributed by atoms with Gasteiger partial charge < -0.3 is 14.7 Å². The molecule has 1 atom stereocenters. The Morgan fingerprint density at radius 2 is 1.39 bits per heavy atom. The molecule has 0 spiro atoms. The van der Waals surface area contributed by atoms with Gasteiger partial charge in [-0.05, 0) is 60.4 Å². The molecule has 0 saturated heterocycles. The fourth-order valence-electron chi connectivity index (χ4n) is 3.86. The number of aliphatic hydroxyl groups excluding tert-OH is 1. The van der Waals surface area contributed by atoms with Crippen LogP contribution in [-0.2, 0) is 0 Å². The summed E-state index contributed by atoms with van der Waals surface area (Å²) >= 11 is 0. The molecule has 3 nitrogen and oxygen atoms in total. The quantitative estimate of drug-likeness (QED) is 0.428. The smallest absolute Gasteiger partial charge is 0.119 e. The number of aliphatic hydroxyl groups is 1. The predicted molar refractivity (Wildman–Crippen MR) is 130 cm³/mol. The second kappa shape index (κ2) is 11.5. The summed E-state index contributed by atoms with van der Waals surface area (Å²) in [6.45, 7) is 6.03. The molecule has 0 fully saturated rings. The summed E-state index contributed by atoms with van der Waals surface area (Å²) in [6.07, 6.45) is 0.618. The largest absolute Gasteiger partial charge is 0.492 e. The van der Waals surface area contributed by atoms with Crippen LogP contribution >= 0.6 is 0 Å². The second-order valence-electron chi connectivity index (χ2n) is 7.92. The monoisotopic (exact) mass is 415 g/mol. The number of allylic oxidation sites excluding steroid dienone is 1. The molecule has 3 aromatic rings. The Morgan fingerprint density at radius 1 is 0.839 bits per heavy atom. The number of nitrogens with zero attached hydrogens (tertiary/aromatic N) is 1. The van der Waals surface area contributed by atoms with Crippen LogP contribution in [0.15, 0.2) is 84.9 Å². The number of hydrogen-bond donors (Lipinski definition) is 1. The van der Waals surface area contributed by atoms with E-state index in [0.29, 0.717) is 13.2 Å². The molecule has 3 aromatic carbocycles. The Labute approximate surface area is 186 Å². The summed E-state index contributed by atoms with van der Waals surface area (Å²) in [5, 5.41) is 9.48. The molecular weight excluding hydrogens is 382 g/mol. The first-order chi connectivity index (χ1) is 15.1. The van der Waals surface area contributed by atoms with Crippen LogP contribution in [0.4, 0.5) is 0 Å². The van der Waals surface area contributed by atoms with Crippen LogP contribution in [0.2, 0.25) is 0 Å². The van der Waals surface area contributed by atoms with Gasteiger partial charge in [-0.1, -0.05) is 79.7 Å². The molecule has 31 heavy (non-hydrogen) atoms. The molecule has 0 radical (unpaired) electrons. The van der Waals surface area contributed by atoms with Crippen LogP contribution in [0.5, 0.6) is 5.75 Å². The predicted octanol–water partition coefficient (Wildman–Crippen LogP) is 5.75. The molecule has 0 saturated carbocycles. The van der Waals surface area contributed by atoms with Crippen molar-refractivity contribution >= 4 is 11.1 Å². The minimum absolute atomic E-state index is 0.329. The third-order valence-corrected chi connectivity index (χ3v) is 5.30. The van der Waals surface area contributed by atoms with E-state index in [1.807, 2.05) is 19.2 Å². The van der Waals surface area contributed by atoms with Crippen molar-refractivity contribution in [1.29, 1.82) is 0 Å². The number of hydrogen-bond acceptors (Lipinski definition) is 3. The van der Waals surface area contributed by atoms with Crippen molar-refractivity contribution in [3.8, 4) is 5.75 Å². The minimum atomic E-state index is -0.329. The van der Waals surface area contributed by atoms with E-state index in [2.05, 4.69) is 84.6 Å². The lowest BCUT2D eigenvalue weighted by atomic mass is 9.88. The molecule has 0 aromatic heterocycles. The second-order valence-corrected chi connectivity index (χ2v) is 7.92. The van der Waals surface area contributed by atoms with Crippen LogP contribution < -0.4 is 4.74 Å². The highest BCUT2D eigenvalue weighted by atomic mass is 16.5. The van der Waals surface area contributed by atoms with E-state index in [4.69, 9.17) is 4.74 Å². The van der Waals surface area contributed by atoms with E-state index in [1.54, 1.807) is 6.92 Å². The fourth-order valence-corrected chi connectivity index (χ4v) is 3.86. The number of ether oxygens (including phenoxy) is 1. The van der Waals surface area contributed by atoms with Crippen molar-refractivity contribution in [2.45, 2.75) is 26.4 Å². The summed E-state index contributed by atoms with van der Waals surface area (Å²) in [5.74, 6) is 0.861. The Hall–Kier alpha value is -2.88. The van der Waals surface area contributed by atoms with Crippen molar-refractivity contribution in [1.82, 2.24) is 4.90 Å². The summed E-state index contributed by atoms with van der Waals surface area (Å²) < 4.78 is 5.93. The maximum absolute atomic E-state index is 9.48. The van der Waals surface area contributed by atoms with Gasteiger partial charge in [-0.2, -0.15) is 0 Å². The van der Waals surface area contributed by atoms with Gasteiger partial charge in [-0.25, -0.2) is 0 Å². The van der Waals surface area contributed by atoms with Gasteiger partial charge in [0.2, 0.25) is 0 Å². The van der Waals surface area contributed by atoms with Gasteiger partial charge in [-0.3, -0.25) is 0 Å². The molecule has 0 bridgehead atoms. The maximum Gasteiger partial charge on any atom is 0.119 e. The lowest BCUT2D eigenvalue weighted by molar-refractivity contribution is 0.131. The first-order valence-electron chi connectivity index (χ1n) is 11.0. The van der Waals surface area contributed by atoms with Gasteiger partial charge in [-0.15, -0.1) is 0 Å². The first kappa shape index (κ1) is 22.8. The van der Waals surface area contributed by atoms with E-state index in [0.717, 1.165) is 18.7 Å². The van der Waals surface area contributed by atoms with E-state index < -0.39 is 0 Å². The molecule has 0 aliphatic rings. The topological polar surface area (TPSA) is 32.7 Å². The molecule has 1 unspecified atom stereocenters. The molecule has 3 rings (SSSR count). The van der Waals surface area contributed by atoms with E-state index in [9.17, 15) is 5.11 Å². The van der Waals surface area contributed by atoms with Crippen molar-refractivity contribution in [2.75, 3.05) is 26.7 Å². The van der Waals surface area contributed by atoms with Crippen LogP contribution in [0.25, 0.3) is 11.1 Å². The van der Waals surface area contributed by atoms with E-state index in [-0.39, 0.29) is 6.10 Å². The molecule has 0 heterocycles. The number of benzene rings is 3. The van der Waals surface area contributed by atoms with Crippen LogP contribution in [0.1, 0.15) is 37.0 Å². The molecule has 162 valence electrons. The third-order valence-electron chi connectivity index (χ3n) is 5.30. The molecular formula is C28H33NO2. The van der Waals surface area contributed by atoms with Gasteiger partial charge in [0.05, 0.1) is 6.10 Å². The molecule has 3 heteroatoms. The normalized spacial score (nSPS) is 13.1. The van der Waals surface area contributed by atoms with Crippen LogP contribution in [-0.4, -0.2) is 42.9 Å². The van der Waals surface area contributed by atoms with Crippen molar-refractivity contribution in [2.24, 2.45) is 0 Å². The zero-order valence-corrected chi connectivity index (χ0v) is 18.8. The van der Waals surface area contributed by atoms with Gasteiger partial charge in [0, 0.05) is 13.1 Å². The summed E-state index contributed by atoms with van der Waals surface area (Å²) in [5.41, 5.74) is 6.25. The van der Waals surface area contributed by atoms with Gasteiger partial charge in [0.25, 0.3) is 0 Å². The van der Waals surface area contributed by atoms with Crippen molar-refractivity contribution < 1.29 is 9.84 Å². The SMILES string of the molecule is CC/C(=C(\c1ccccc1)c1ccc(OCCN(C)CC(C)O)cc1)c1ccccc1. The lowest BCUT2D eigenvalue weighted by Gasteiger charge is -2.19. The highest BCUT2D eigenvalue weighted by Gasteiger charge is 2.13. The van der Waals surface area contributed by atoms with Crippen molar-refractivity contribution in [3.05, 3.63) is 102 Å². The van der Waals surface area contributed by atoms with Gasteiger partial charge in [0.1, 0.15) is 12.4 Å². The first-order valence-corrected chi connectivity index (χ1v) is 11.0. The third kappa shape index (κ3) is 6.55. The average Bonchev–Trinajstić information content (AvgIpc) is 2.79. The maximum atomic E-state index is 9.48. The van der Waals surface area contributed by atoms with E-state index >= 15 is 0 Å². The van der Waals surface area contributed by atoms with Crippen LogP contribution in [0, 0.1) is 0 Å². The highest BCUT2D eigenvalue weighted by molar-refractivity contribution is 5.98. The summed E-state index contributed by atoms with van der Waals surface area (Å²) in [7, 11) is 1.99. The minimum Gasteiger partial charge on any atom is -0.492 e. The molecule has 0 aliphatic carbocycles. The standard InChI is InChI=1S/C28H33NO2/c1-4-27(23-11-7-5-8-12-23)28(24-13-9-6-10-14-24)25-15-17-26(18-16-25)31-20-19-29(3)21-22(2)30/h5-18,22,30H,4,19-21H2,1-3H3/b28-27-. The molecule has 0 amide bonds. The van der Waals surface area contributed by atoms with E-state index in [1.165, 1.54) is 27.8 Å². The molecule has 1 N–H and O–H groups in total. The lowest BCUT2D eigenvalue weighted by Crippen LogP contribution is -2.30. The Morgan fingerprint density at radius 3 is 1.94 bits per heavy atom. The Kier molecular flexibility index (Phi) is 8.45. The van der Waals surface area contributed by atoms with Gasteiger partial charge >= 0.3 is 0 Å². The number of likely N-dealkylation sites (N-methyl/N-ethyl adjacent to an activating group) is 1. The van der Waals surface area contributed by atoms with Gasteiger partial charge in [0.15, 0.2) is 0 Å². The zero-order chi connectivity index (χ0) is 22.1. The summed E-state index contributed by atoms with van der Waals surface area (Å²) in [4.78, 5) is 2.07. The summed E-state index contributed by atoms with van der Waals surface area (Å²) in [6, 6.07) is 29.6. The van der Waals surface area contributed by atoms with Crippen LogP contribution in [0.3, 0.4) is 0 Å². The average molecular weight is 416 g/mol. The highest BCUT2D eigenvalue weighted by Crippen LogP contribution is 2.34. The zero-order valence-electron chi connectivity index (χ0n) is 18.8. The molecule has 0 aliphatic heterocycles. The Balaban J connectivity index is 1.85. The fraction of sp³-hybridized carbons (Fsp3) is 0.286.